The van der Waals surface area contributed by atoms with Crippen LogP contribution in [0.5, 0.6) is 0 Å². The van der Waals surface area contributed by atoms with Gasteiger partial charge in [-0.25, -0.2) is 0 Å². The summed E-state index contributed by atoms with van der Waals surface area (Å²) in [6.07, 6.45) is 6.22. The van der Waals surface area contributed by atoms with Gasteiger partial charge in [-0.05, 0) is 31.6 Å². The van der Waals surface area contributed by atoms with Crippen LogP contribution in [0.3, 0.4) is 0 Å². The number of hydrogen-bond donors (Lipinski definition) is 1. The van der Waals surface area contributed by atoms with Gasteiger partial charge in [0.15, 0.2) is 5.96 Å². The highest BCUT2D eigenvalue weighted by Gasteiger charge is 2.37. The molecule has 2 unspecified atom stereocenters. The summed E-state index contributed by atoms with van der Waals surface area (Å²) in [7, 11) is 1.88. The lowest BCUT2D eigenvalue weighted by Crippen LogP contribution is -2.54. The SMILES string of the molecule is CCCC1CC1NC(=NC)N1CCN(CC(=O)N2CCCC2)CC1.I. The number of carbonyl (C=O) groups is 1. The number of guanidine groups is 1. The highest BCUT2D eigenvalue weighted by molar-refractivity contribution is 14.0. The maximum Gasteiger partial charge on any atom is 0.236 e. The Balaban J connectivity index is 0.00000225. The number of likely N-dealkylation sites (tertiary alicyclic amines) is 1. The topological polar surface area (TPSA) is 51.2 Å². The molecule has 25 heavy (non-hydrogen) atoms. The van der Waals surface area contributed by atoms with Gasteiger partial charge in [0.05, 0.1) is 6.54 Å². The lowest BCUT2D eigenvalue weighted by atomic mass is 10.2. The third-order valence-electron chi connectivity index (χ3n) is 5.60. The van der Waals surface area contributed by atoms with Crippen molar-refractivity contribution in [3.8, 4) is 0 Å². The van der Waals surface area contributed by atoms with Gasteiger partial charge in [-0.15, -0.1) is 24.0 Å². The van der Waals surface area contributed by atoms with Gasteiger partial charge >= 0.3 is 0 Å². The first kappa shape index (κ1) is 20.7. The Morgan fingerprint density at radius 1 is 1.08 bits per heavy atom. The summed E-state index contributed by atoms with van der Waals surface area (Å²) in [5.41, 5.74) is 0. The smallest absolute Gasteiger partial charge is 0.236 e. The average molecular weight is 463 g/mol. The van der Waals surface area contributed by atoms with Crippen LogP contribution in [0.1, 0.15) is 39.0 Å². The molecule has 1 amide bonds. The molecule has 6 nitrogen and oxygen atoms in total. The summed E-state index contributed by atoms with van der Waals surface area (Å²) >= 11 is 0. The van der Waals surface area contributed by atoms with Crippen molar-refractivity contribution in [2.45, 2.75) is 45.1 Å². The van der Waals surface area contributed by atoms with Crippen LogP contribution in [0.4, 0.5) is 0 Å². The molecule has 0 aromatic rings. The van der Waals surface area contributed by atoms with Gasteiger partial charge in [-0.2, -0.15) is 0 Å². The van der Waals surface area contributed by atoms with E-state index in [0.717, 1.165) is 51.1 Å². The second kappa shape index (κ2) is 9.94. The van der Waals surface area contributed by atoms with Crippen LogP contribution in [-0.4, -0.2) is 85.5 Å². The van der Waals surface area contributed by atoms with E-state index in [9.17, 15) is 4.79 Å². The first-order valence-electron chi connectivity index (χ1n) is 9.69. The second-order valence-corrected chi connectivity index (χ2v) is 7.43. The van der Waals surface area contributed by atoms with Gasteiger partial charge in [-0.1, -0.05) is 13.3 Å². The average Bonchev–Trinajstić information content (AvgIpc) is 3.10. The maximum atomic E-state index is 12.3. The minimum Gasteiger partial charge on any atom is -0.353 e. The third-order valence-corrected chi connectivity index (χ3v) is 5.60. The molecule has 2 heterocycles. The Bertz CT molecular complexity index is 458. The van der Waals surface area contributed by atoms with Gasteiger partial charge < -0.3 is 15.1 Å². The predicted octanol–water partition coefficient (Wildman–Crippen LogP) is 1.61. The zero-order chi connectivity index (χ0) is 16.9. The molecule has 144 valence electrons. The lowest BCUT2D eigenvalue weighted by Gasteiger charge is -2.36. The van der Waals surface area contributed by atoms with Crippen LogP contribution < -0.4 is 5.32 Å². The fourth-order valence-corrected chi connectivity index (χ4v) is 3.95. The summed E-state index contributed by atoms with van der Waals surface area (Å²) in [6, 6.07) is 0.624. The van der Waals surface area contributed by atoms with Crippen LogP contribution >= 0.6 is 24.0 Å². The Hall–Kier alpha value is -0.570. The molecule has 0 spiro atoms. The zero-order valence-corrected chi connectivity index (χ0v) is 18.1. The standard InChI is InChI=1S/C18H33N5O.HI/c1-3-6-15-13-16(15)20-18(19-2)23-11-9-21(10-12-23)14-17(24)22-7-4-5-8-22;/h15-16H,3-14H2,1-2H3,(H,19,20);1H. The zero-order valence-electron chi connectivity index (χ0n) is 15.7. The van der Waals surface area contributed by atoms with Gasteiger partial charge in [0, 0.05) is 52.4 Å². The summed E-state index contributed by atoms with van der Waals surface area (Å²) in [6.45, 7) is 8.56. The number of aliphatic imine (C=N–C) groups is 1. The minimum absolute atomic E-state index is 0. The number of carbonyl (C=O) groups excluding carboxylic acids is 1. The molecule has 7 heteroatoms. The van der Waals surface area contributed by atoms with E-state index in [-0.39, 0.29) is 24.0 Å². The first-order chi connectivity index (χ1) is 11.7. The van der Waals surface area contributed by atoms with E-state index in [2.05, 4.69) is 27.0 Å². The van der Waals surface area contributed by atoms with Crippen LogP contribution in [0.25, 0.3) is 0 Å². The van der Waals surface area contributed by atoms with Gasteiger partial charge in [0.25, 0.3) is 0 Å². The van der Waals surface area contributed by atoms with E-state index >= 15 is 0 Å². The highest BCUT2D eigenvalue weighted by Crippen LogP contribution is 2.34. The largest absolute Gasteiger partial charge is 0.353 e. The molecule has 1 N–H and O–H groups in total. The molecule has 3 fully saturated rings. The minimum atomic E-state index is 0. The van der Waals surface area contributed by atoms with Crippen molar-refractivity contribution in [3.05, 3.63) is 0 Å². The fourth-order valence-electron chi connectivity index (χ4n) is 3.95. The molecule has 3 aliphatic rings. The molecule has 1 aliphatic carbocycles. The van der Waals surface area contributed by atoms with E-state index in [1.807, 2.05) is 11.9 Å². The van der Waals surface area contributed by atoms with Crippen molar-refractivity contribution >= 4 is 35.8 Å². The number of amides is 1. The summed E-state index contributed by atoms with van der Waals surface area (Å²) in [5.74, 6) is 2.19. The number of nitrogens with one attached hydrogen (secondary N) is 1. The van der Waals surface area contributed by atoms with Crippen molar-refractivity contribution in [2.75, 3.05) is 52.9 Å². The molecule has 0 bridgehead atoms. The van der Waals surface area contributed by atoms with Gasteiger partial charge in [-0.3, -0.25) is 14.7 Å². The molecule has 2 aliphatic heterocycles. The van der Waals surface area contributed by atoms with E-state index in [0.29, 0.717) is 18.5 Å². The summed E-state index contributed by atoms with van der Waals surface area (Å²) in [4.78, 5) is 23.4. The van der Waals surface area contributed by atoms with E-state index in [4.69, 9.17) is 0 Å². The number of hydrogen-bond acceptors (Lipinski definition) is 3. The van der Waals surface area contributed by atoms with Gasteiger partial charge in [0.1, 0.15) is 0 Å². The normalized spacial score (nSPS) is 27.2. The number of rotatable bonds is 5. The van der Waals surface area contributed by atoms with E-state index in [1.165, 1.54) is 32.1 Å². The maximum absolute atomic E-state index is 12.3. The van der Waals surface area contributed by atoms with E-state index in [1.54, 1.807) is 0 Å². The Kier molecular flexibility index (Phi) is 8.25. The summed E-state index contributed by atoms with van der Waals surface area (Å²) in [5, 5.41) is 3.63. The highest BCUT2D eigenvalue weighted by atomic mass is 127. The molecule has 3 rings (SSSR count). The van der Waals surface area contributed by atoms with Gasteiger partial charge in [0.2, 0.25) is 5.91 Å². The van der Waals surface area contributed by atoms with Crippen LogP contribution in [0, 0.1) is 5.92 Å². The lowest BCUT2D eigenvalue weighted by molar-refractivity contribution is -0.131. The van der Waals surface area contributed by atoms with Crippen molar-refractivity contribution < 1.29 is 4.79 Å². The van der Waals surface area contributed by atoms with E-state index < -0.39 is 0 Å². The quantitative estimate of drug-likeness (QED) is 0.383. The molecule has 2 saturated heterocycles. The molecular weight excluding hydrogens is 429 g/mol. The van der Waals surface area contributed by atoms with Crippen molar-refractivity contribution in [3.63, 3.8) is 0 Å². The predicted molar refractivity (Wildman–Crippen MR) is 113 cm³/mol. The second-order valence-electron chi connectivity index (χ2n) is 7.43. The molecule has 0 aromatic heterocycles. The number of piperazine rings is 1. The Morgan fingerprint density at radius 2 is 1.76 bits per heavy atom. The van der Waals surface area contributed by atoms with Crippen molar-refractivity contribution in [2.24, 2.45) is 10.9 Å². The summed E-state index contributed by atoms with van der Waals surface area (Å²) < 4.78 is 0. The van der Waals surface area contributed by atoms with Crippen LogP contribution in [-0.2, 0) is 4.79 Å². The van der Waals surface area contributed by atoms with Crippen LogP contribution in [0.15, 0.2) is 4.99 Å². The molecule has 0 aromatic carbocycles. The molecule has 0 radical (unpaired) electrons. The molecule has 2 atom stereocenters. The first-order valence-corrected chi connectivity index (χ1v) is 9.69. The monoisotopic (exact) mass is 463 g/mol. The number of nitrogens with zero attached hydrogens (tertiary/aromatic N) is 4. The van der Waals surface area contributed by atoms with Crippen molar-refractivity contribution in [1.29, 1.82) is 0 Å². The van der Waals surface area contributed by atoms with Crippen LogP contribution in [0.2, 0.25) is 0 Å². The fraction of sp³-hybridized carbons (Fsp3) is 0.889. The molecule has 1 saturated carbocycles. The Labute approximate surface area is 169 Å². The Morgan fingerprint density at radius 3 is 2.36 bits per heavy atom. The molecular formula is C18H34IN5O. The van der Waals surface area contributed by atoms with Crippen molar-refractivity contribution in [1.82, 2.24) is 20.0 Å². The third kappa shape index (κ3) is 5.70. The number of halogens is 1.